The number of fused-ring (bicyclic) bond motifs is 1. The maximum Gasteiger partial charge on any atom is 0.264 e. The summed E-state index contributed by atoms with van der Waals surface area (Å²) in [7, 11) is -3.82. The van der Waals surface area contributed by atoms with Crippen molar-refractivity contribution < 1.29 is 22.7 Å². The van der Waals surface area contributed by atoms with E-state index in [1.165, 1.54) is 11.2 Å². The van der Waals surface area contributed by atoms with Crippen LogP contribution in [0.25, 0.3) is 0 Å². The van der Waals surface area contributed by atoms with Crippen molar-refractivity contribution in [1.82, 2.24) is 5.32 Å². The Morgan fingerprint density at radius 2 is 1.81 bits per heavy atom. The number of para-hydroxylation sites is 1. The molecule has 0 spiro atoms. The molecule has 0 unspecified atom stereocenters. The van der Waals surface area contributed by atoms with Gasteiger partial charge in [0.05, 0.1) is 17.1 Å². The van der Waals surface area contributed by atoms with Gasteiger partial charge >= 0.3 is 0 Å². The van der Waals surface area contributed by atoms with Crippen molar-refractivity contribution in [2.75, 3.05) is 35.4 Å². The molecule has 1 fully saturated rings. The third-order valence-corrected chi connectivity index (χ3v) is 7.50. The maximum atomic E-state index is 13.6. The number of amides is 2. The molecule has 2 aliphatic heterocycles. The third-order valence-electron chi connectivity index (χ3n) is 5.68. The molecule has 0 saturated carbocycles. The second-order valence-corrected chi connectivity index (χ2v) is 9.78. The minimum atomic E-state index is -3.82. The summed E-state index contributed by atoms with van der Waals surface area (Å²) in [5.74, 6) is 0.397. The summed E-state index contributed by atoms with van der Waals surface area (Å²) in [6.07, 6.45) is 2.81. The van der Waals surface area contributed by atoms with E-state index in [9.17, 15) is 18.0 Å². The number of hydrogen-bond acceptors (Lipinski definition) is 5. The van der Waals surface area contributed by atoms with Crippen LogP contribution >= 0.6 is 0 Å². The number of carbonyl (C=O) groups is 2. The number of nitrogens with one attached hydrogen (secondary N) is 1. The van der Waals surface area contributed by atoms with Gasteiger partial charge in [-0.05, 0) is 55.2 Å². The Morgan fingerprint density at radius 3 is 2.50 bits per heavy atom. The van der Waals surface area contributed by atoms with Gasteiger partial charge < -0.3 is 15.0 Å². The number of ether oxygens (including phenoxy) is 1. The van der Waals surface area contributed by atoms with Crippen LogP contribution in [0.3, 0.4) is 0 Å². The zero-order chi connectivity index (χ0) is 22.7. The molecule has 2 aromatic rings. The lowest BCUT2D eigenvalue weighted by molar-refractivity contribution is -0.119. The molecule has 8 nitrogen and oxygen atoms in total. The first kappa shape index (κ1) is 22.1. The molecular formula is C23H27N3O5S. The van der Waals surface area contributed by atoms with Gasteiger partial charge in [0, 0.05) is 32.1 Å². The molecule has 0 aliphatic carbocycles. The summed E-state index contributed by atoms with van der Waals surface area (Å²) in [6.45, 7) is 3.02. The van der Waals surface area contributed by atoms with E-state index in [4.69, 9.17) is 4.74 Å². The molecule has 0 bridgehead atoms. The average molecular weight is 458 g/mol. The largest absolute Gasteiger partial charge is 0.490 e. The molecule has 1 N–H and O–H groups in total. The van der Waals surface area contributed by atoms with Gasteiger partial charge in [0.1, 0.15) is 12.4 Å². The van der Waals surface area contributed by atoms with E-state index in [0.717, 1.165) is 18.4 Å². The van der Waals surface area contributed by atoms with E-state index in [2.05, 4.69) is 5.32 Å². The second kappa shape index (κ2) is 9.20. The lowest BCUT2D eigenvalue weighted by Gasteiger charge is -2.32. The second-order valence-electron chi connectivity index (χ2n) is 7.92. The Balaban J connectivity index is 1.60. The van der Waals surface area contributed by atoms with Gasteiger partial charge in [-0.2, -0.15) is 0 Å². The quantitative estimate of drug-likeness (QED) is 0.645. The number of nitrogens with zero attached hydrogens (tertiary/aromatic N) is 2. The molecule has 0 aromatic heterocycles. The van der Waals surface area contributed by atoms with Crippen LogP contribution in [0.2, 0.25) is 0 Å². The molecule has 32 heavy (non-hydrogen) atoms. The van der Waals surface area contributed by atoms with Gasteiger partial charge in [-0.15, -0.1) is 0 Å². The van der Waals surface area contributed by atoms with Gasteiger partial charge in [0.15, 0.2) is 0 Å². The lowest BCUT2D eigenvalue weighted by atomic mass is 10.0. The summed E-state index contributed by atoms with van der Waals surface area (Å²) in [5.41, 5.74) is 2.18. The summed E-state index contributed by atoms with van der Waals surface area (Å²) in [6, 6.07) is 12.0. The first-order valence-corrected chi connectivity index (χ1v) is 12.2. The number of aryl methyl sites for hydroxylation is 1. The van der Waals surface area contributed by atoms with E-state index in [0.29, 0.717) is 49.6 Å². The Hall–Kier alpha value is -3.07. The van der Waals surface area contributed by atoms with Gasteiger partial charge in [-0.1, -0.05) is 12.1 Å². The summed E-state index contributed by atoms with van der Waals surface area (Å²) in [4.78, 5) is 24.9. The Labute approximate surface area is 188 Å². The lowest BCUT2D eigenvalue weighted by Crippen LogP contribution is -2.36. The van der Waals surface area contributed by atoms with Crippen molar-refractivity contribution in [1.29, 1.82) is 0 Å². The topological polar surface area (TPSA) is 96.0 Å². The molecule has 170 valence electrons. The fourth-order valence-electron chi connectivity index (χ4n) is 4.17. The van der Waals surface area contributed by atoms with E-state index < -0.39 is 10.0 Å². The third kappa shape index (κ3) is 4.43. The SMILES string of the molecule is CC(=O)NCCOc1cccc2c1N(S(=O)(=O)c1ccc(N3CCCC3=O)cc1)CCC2. The van der Waals surface area contributed by atoms with Gasteiger partial charge in [0.25, 0.3) is 10.0 Å². The molecule has 2 amide bonds. The fraction of sp³-hybridized carbons (Fsp3) is 0.391. The molecule has 0 radical (unpaired) electrons. The van der Waals surface area contributed by atoms with E-state index in [1.807, 2.05) is 12.1 Å². The monoisotopic (exact) mass is 457 g/mol. The molecule has 2 aromatic carbocycles. The van der Waals surface area contributed by atoms with Crippen LogP contribution < -0.4 is 19.3 Å². The van der Waals surface area contributed by atoms with Gasteiger partial charge in [0.2, 0.25) is 11.8 Å². The van der Waals surface area contributed by atoms with Crippen molar-refractivity contribution in [3.8, 4) is 5.75 Å². The fourth-order valence-corrected chi connectivity index (χ4v) is 5.72. The maximum absolute atomic E-state index is 13.6. The number of anilines is 2. The zero-order valence-electron chi connectivity index (χ0n) is 18.0. The van der Waals surface area contributed by atoms with Crippen LogP contribution in [-0.2, 0) is 26.0 Å². The van der Waals surface area contributed by atoms with Crippen molar-refractivity contribution in [3.63, 3.8) is 0 Å². The minimum Gasteiger partial charge on any atom is -0.490 e. The predicted molar refractivity (Wildman–Crippen MR) is 122 cm³/mol. The summed E-state index contributed by atoms with van der Waals surface area (Å²) in [5, 5.41) is 2.67. The van der Waals surface area contributed by atoms with Crippen LogP contribution in [-0.4, -0.2) is 46.5 Å². The van der Waals surface area contributed by atoms with Crippen LogP contribution in [0, 0.1) is 0 Å². The summed E-state index contributed by atoms with van der Waals surface area (Å²) >= 11 is 0. The highest BCUT2D eigenvalue weighted by atomic mass is 32.2. The molecule has 9 heteroatoms. The normalized spacial score (nSPS) is 16.1. The van der Waals surface area contributed by atoms with Crippen molar-refractivity contribution in [2.24, 2.45) is 0 Å². The van der Waals surface area contributed by atoms with Crippen LogP contribution in [0.5, 0.6) is 5.75 Å². The molecule has 0 atom stereocenters. The van der Waals surface area contributed by atoms with E-state index in [1.54, 1.807) is 35.2 Å². The highest BCUT2D eigenvalue weighted by Gasteiger charge is 2.32. The van der Waals surface area contributed by atoms with Crippen LogP contribution in [0.15, 0.2) is 47.4 Å². The number of rotatable bonds is 7. The van der Waals surface area contributed by atoms with Gasteiger partial charge in [-0.25, -0.2) is 8.42 Å². The van der Waals surface area contributed by atoms with Crippen molar-refractivity contribution in [2.45, 2.75) is 37.5 Å². The first-order valence-electron chi connectivity index (χ1n) is 10.8. The Morgan fingerprint density at radius 1 is 1.06 bits per heavy atom. The zero-order valence-corrected chi connectivity index (χ0v) is 18.9. The highest BCUT2D eigenvalue weighted by molar-refractivity contribution is 7.92. The number of benzene rings is 2. The smallest absolute Gasteiger partial charge is 0.264 e. The molecule has 4 rings (SSSR count). The number of sulfonamides is 1. The van der Waals surface area contributed by atoms with E-state index in [-0.39, 0.29) is 23.3 Å². The average Bonchev–Trinajstić information content (AvgIpc) is 3.22. The van der Waals surface area contributed by atoms with Gasteiger partial charge in [-0.3, -0.25) is 13.9 Å². The van der Waals surface area contributed by atoms with E-state index >= 15 is 0 Å². The molecule has 1 saturated heterocycles. The first-order chi connectivity index (χ1) is 15.4. The van der Waals surface area contributed by atoms with Crippen LogP contribution in [0.1, 0.15) is 31.7 Å². The minimum absolute atomic E-state index is 0.0617. The Bertz CT molecular complexity index is 1110. The number of carbonyl (C=O) groups excluding carboxylic acids is 2. The van der Waals surface area contributed by atoms with Crippen molar-refractivity contribution >= 4 is 33.2 Å². The standard InChI is InChI=1S/C23H27N3O5S/c1-17(27)24-13-16-31-21-7-2-5-18-6-3-15-26(23(18)21)32(29,30)20-11-9-19(10-12-20)25-14-4-8-22(25)28/h2,5,7,9-12H,3-4,6,8,13-16H2,1H3,(H,24,27). The predicted octanol–water partition coefficient (Wildman–Crippen LogP) is 2.47. The summed E-state index contributed by atoms with van der Waals surface area (Å²) < 4.78 is 34.4. The highest BCUT2D eigenvalue weighted by Crippen LogP contribution is 2.39. The molecule has 2 aliphatic rings. The van der Waals surface area contributed by atoms with Crippen LogP contribution in [0.4, 0.5) is 11.4 Å². The molecule has 2 heterocycles. The van der Waals surface area contributed by atoms with Crippen molar-refractivity contribution in [3.05, 3.63) is 48.0 Å². The Kier molecular flexibility index (Phi) is 6.36. The molecular weight excluding hydrogens is 430 g/mol. The number of hydrogen-bond donors (Lipinski definition) is 1.